The largest absolute Gasteiger partial charge is 0.357 e. The molecule has 25 heavy (non-hydrogen) atoms. The van der Waals surface area contributed by atoms with Crippen LogP contribution in [0.15, 0.2) is 29.3 Å². The standard InChI is InChI=1S/C17H28ClN3O2S.HI/c1-5-19-16(21-12-13-24(22,23)17(2,3)4)20-11-10-14-6-8-15(18)9-7-14;/h6-9H,5,10-13H2,1-4H3,(H2,19,20,21);1H. The topological polar surface area (TPSA) is 70.6 Å². The van der Waals surface area contributed by atoms with Gasteiger partial charge in [-0.1, -0.05) is 23.7 Å². The fourth-order valence-electron chi connectivity index (χ4n) is 1.90. The molecule has 2 N–H and O–H groups in total. The van der Waals surface area contributed by atoms with Gasteiger partial charge < -0.3 is 10.6 Å². The molecule has 0 spiro atoms. The summed E-state index contributed by atoms with van der Waals surface area (Å²) in [6, 6.07) is 7.72. The van der Waals surface area contributed by atoms with Gasteiger partial charge in [-0.3, -0.25) is 4.99 Å². The van der Waals surface area contributed by atoms with Crippen molar-refractivity contribution < 1.29 is 8.42 Å². The molecule has 5 nitrogen and oxygen atoms in total. The van der Waals surface area contributed by atoms with E-state index in [0.717, 1.165) is 18.0 Å². The second-order valence-electron chi connectivity index (χ2n) is 6.50. The van der Waals surface area contributed by atoms with E-state index < -0.39 is 14.6 Å². The first kappa shape index (κ1) is 24.5. The Morgan fingerprint density at radius 2 is 1.76 bits per heavy atom. The highest BCUT2D eigenvalue weighted by molar-refractivity contribution is 14.0. The highest BCUT2D eigenvalue weighted by Gasteiger charge is 2.28. The van der Waals surface area contributed by atoms with Crippen LogP contribution in [0.25, 0.3) is 0 Å². The molecule has 1 aromatic rings. The van der Waals surface area contributed by atoms with Crippen molar-refractivity contribution in [2.45, 2.75) is 38.9 Å². The number of rotatable bonds is 7. The summed E-state index contributed by atoms with van der Waals surface area (Å²) in [6.45, 7) is 8.78. The summed E-state index contributed by atoms with van der Waals surface area (Å²) < 4.78 is 23.4. The lowest BCUT2D eigenvalue weighted by Crippen LogP contribution is -2.39. The van der Waals surface area contributed by atoms with Crippen LogP contribution in [0, 0.1) is 0 Å². The maximum Gasteiger partial charge on any atom is 0.191 e. The maximum absolute atomic E-state index is 12.1. The smallest absolute Gasteiger partial charge is 0.191 e. The number of benzene rings is 1. The molecule has 0 heterocycles. The van der Waals surface area contributed by atoms with Gasteiger partial charge in [-0.05, 0) is 51.8 Å². The molecule has 0 aliphatic heterocycles. The molecule has 144 valence electrons. The van der Waals surface area contributed by atoms with Crippen molar-refractivity contribution in [1.29, 1.82) is 0 Å². The number of aliphatic imine (C=N–C) groups is 1. The molecule has 0 saturated carbocycles. The summed E-state index contributed by atoms with van der Waals surface area (Å²) in [5.74, 6) is 0.681. The Labute approximate surface area is 174 Å². The van der Waals surface area contributed by atoms with E-state index in [9.17, 15) is 8.42 Å². The molecular weight excluding hydrogens is 473 g/mol. The van der Waals surface area contributed by atoms with Gasteiger partial charge >= 0.3 is 0 Å². The van der Waals surface area contributed by atoms with Crippen LogP contribution in [0.3, 0.4) is 0 Å². The number of hydrogen-bond donors (Lipinski definition) is 2. The number of guanidine groups is 1. The summed E-state index contributed by atoms with van der Waals surface area (Å²) in [7, 11) is -3.15. The molecule has 0 aromatic heterocycles. The van der Waals surface area contributed by atoms with Crippen LogP contribution < -0.4 is 10.6 Å². The fraction of sp³-hybridized carbons (Fsp3) is 0.588. The summed E-state index contributed by atoms with van der Waals surface area (Å²) in [6.07, 6.45) is 0.835. The Morgan fingerprint density at radius 3 is 2.28 bits per heavy atom. The van der Waals surface area contributed by atoms with Crippen LogP contribution in [-0.2, 0) is 16.3 Å². The van der Waals surface area contributed by atoms with E-state index >= 15 is 0 Å². The van der Waals surface area contributed by atoms with Crippen LogP contribution in [0.2, 0.25) is 5.02 Å². The normalized spacial score (nSPS) is 12.4. The third-order valence-electron chi connectivity index (χ3n) is 3.53. The molecule has 0 aliphatic rings. The first-order valence-corrected chi connectivity index (χ1v) is 10.2. The lowest BCUT2D eigenvalue weighted by molar-refractivity contribution is 0.560. The van der Waals surface area contributed by atoms with Gasteiger partial charge in [0.1, 0.15) is 0 Å². The van der Waals surface area contributed by atoms with Crippen molar-refractivity contribution in [3.05, 3.63) is 34.9 Å². The fourth-order valence-corrected chi connectivity index (χ4v) is 2.97. The maximum atomic E-state index is 12.1. The van der Waals surface area contributed by atoms with Crippen molar-refractivity contribution in [2.24, 2.45) is 4.99 Å². The Kier molecular flexibility index (Phi) is 11.0. The van der Waals surface area contributed by atoms with Gasteiger partial charge in [0.05, 0.1) is 17.0 Å². The van der Waals surface area contributed by atoms with Crippen LogP contribution in [-0.4, -0.2) is 44.5 Å². The minimum absolute atomic E-state index is 0. The van der Waals surface area contributed by atoms with Crippen LogP contribution in [0.5, 0.6) is 0 Å². The number of sulfone groups is 1. The number of nitrogens with one attached hydrogen (secondary N) is 2. The van der Waals surface area contributed by atoms with Crippen molar-refractivity contribution in [2.75, 3.05) is 25.4 Å². The highest BCUT2D eigenvalue weighted by Crippen LogP contribution is 2.15. The predicted octanol–water partition coefficient (Wildman–Crippen LogP) is 3.27. The summed E-state index contributed by atoms with van der Waals surface area (Å²) in [5, 5.41) is 7.07. The zero-order chi connectivity index (χ0) is 18.2. The molecule has 0 fully saturated rings. The Balaban J connectivity index is 0.00000576. The van der Waals surface area contributed by atoms with Gasteiger partial charge in [-0.2, -0.15) is 0 Å². The molecular formula is C17H29ClIN3O2S. The zero-order valence-corrected chi connectivity index (χ0v) is 19.2. The zero-order valence-electron chi connectivity index (χ0n) is 15.3. The van der Waals surface area contributed by atoms with Gasteiger partial charge in [0.25, 0.3) is 0 Å². The Morgan fingerprint density at radius 1 is 1.16 bits per heavy atom. The predicted molar refractivity (Wildman–Crippen MR) is 118 cm³/mol. The van der Waals surface area contributed by atoms with Gasteiger partial charge in [0.15, 0.2) is 15.8 Å². The quantitative estimate of drug-likeness (QED) is 0.342. The van der Waals surface area contributed by atoms with Crippen molar-refractivity contribution in [1.82, 2.24) is 10.6 Å². The summed E-state index contributed by atoms with van der Waals surface area (Å²) in [4.78, 5) is 4.35. The molecule has 0 saturated heterocycles. The SMILES string of the molecule is CCNC(=NCCS(=O)(=O)C(C)(C)C)NCCc1ccc(Cl)cc1.I. The van der Waals surface area contributed by atoms with Crippen molar-refractivity contribution in [3.63, 3.8) is 0 Å². The lowest BCUT2D eigenvalue weighted by Gasteiger charge is -2.18. The number of halogens is 2. The Hall–Kier alpha value is -0.540. The van der Waals surface area contributed by atoms with E-state index in [4.69, 9.17) is 11.6 Å². The van der Waals surface area contributed by atoms with E-state index in [1.807, 2.05) is 31.2 Å². The van der Waals surface area contributed by atoms with Crippen LogP contribution in [0.4, 0.5) is 0 Å². The monoisotopic (exact) mass is 501 g/mol. The second-order valence-corrected chi connectivity index (χ2v) is 9.79. The third kappa shape index (κ3) is 9.10. The van der Waals surface area contributed by atoms with Crippen molar-refractivity contribution >= 4 is 51.4 Å². The molecule has 0 unspecified atom stereocenters. The van der Waals surface area contributed by atoms with E-state index in [1.165, 1.54) is 5.56 Å². The van der Waals surface area contributed by atoms with E-state index in [-0.39, 0.29) is 36.3 Å². The highest BCUT2D eigenvalue weighted by atomic mass is 127. The lowest BCUT2D eigenvalue weighted by atomic mass is 10.1. The van der Waals surface area contributed by atoms with E-state index in [2.05, 4.69) is 15.6 Å². The van der Waals surface area contributed by atoms with Gasteiger partial charge in [-0.25, -0.2) is 8.42 Å². The molecule has 0 amide bonds. The van der Waals surface area contributed by atoms with Gasteiger partial charge in [-0.15, -0.1) is 24.0 Å². The summed E-state index contributed by atoms with van der Waals surface area (Å²) in [5.41, 5.74) is 1.18. The average molecular weight is 502 g/mol. The van der Waals surface area contributed by atoms with Crippen LogP contribution >= 0.6 is 35.6 Å². The second kappa shape index (κ2) is 11.2. The minimum atomic E-state index is -3.15. The number of hydrogen-bond acceptors (Lipinski definition) is 3. The third-order valence-corrected chi connectivity index (χ3v) is 6.36. The first-order valence-electron chi connectivity index (χ1n) is 8.14. The average Bonchev–Trinajstić information content (AvgIpc) is 2.48. The molecule has 0 bridgehead atoms. The molecule has 8 heteroatoms. The molecule has 0 radical (unpaired) electrons. The summed E-state index contributed by atoms with van der Waals surface area (Å²) >= 11 is 5.87. The van der Waals surface area contributed by atoms with Crippen LogP contribution in [0.1, 0.15) is 33.3 Å². The van der Waals surface area contributed by atoms with E-state index in [0.29, 0.717) is 12.5 Å². The Bertz CT molecular complexity index is 641. The number of nitrogens with zero attached hydrogens (tertiary/aromatic N) is 1. The van der Waals surface area contributed by atoms with Gasteiger partial charge in [0, 0.05) is 18.1 Å². The van der Waals surface area contributed by atoms with Gasteiger partial charge in [0.2, 0.25) is 0 Å². The molecule has 1 aromatic carbocycles. The van der Waals surface area contributed by atoms with E-state index in [1.54, 1.807) is 20.8 Å². The first-order chi connectivity index (χ1) is 11.2. The minimum Gasteiger partial charge on any atom is -0.357 e. The molecule has 0 atom stereocenters. The van der Waals surface area contributed by atoms with Crippen molar-refractivity contribution in [3.8, 4) is 0 Å². The molecule has 1 rings (SSSR count). The molecule has 0 aliphatic carbocycles.